The first-order valence-corrected chi connectivity index (χ1v) is 6.62. The SMILES string of the molecule is O=C(Cc1cccc(F)c1F)c1cccc2c1OCCN2. The van der Waals surface area contributed by atoms with E-state index < -0.39 is 11.6 Å². The van der Waals surface area contributed by atoms with Crippen molar-refractivity contribution >= 4 is 11.5 Å². The standard InChI is InChI=1S/C16H13F2NO2/c17-12-5-1-3-10(15(12)18)9-14(20)11-4-2-6-13-16(11)21-8-7-19-13/h1-6,19H,7-9H2. The van der Waals surface area contributed by atoms with Crippen LogP contribution in [-0.2, 0) is 6.42 Å². The topological polar surface area (TPSA) is 38.3 Å². The van der Waals surface area contributed by atoms with Crippen molar-refractivity contribution in [2.45, 2.75) is 6.42 Å². The molecule has 0 spiro atoms. The van der Waals surface area contributed by atoms with Gasteiger partial charge >= 0.3 is 0 Å². The Bertz CT molecular complexity index is 701. The summed E-state index contributed by atoms with van der Waals surface area (Å²) in [6.45, 7) is 1.13. The number of Topliss-reactive ketones (excluding diaryl/α,β-unsaturated/α-hetero) is 1. The van der Waals surface area contributed by atoms with Crippen LogP contribution in [-0.4, -0.2) is 18.9 Å². The van der Waals surface area contributed by atoms with Crippen LogP contribution in [0.3, 0.4) is 0 Å². The smallest absolute Gasteiger partial charge is 0.171 e. The van der Waals surface area contributed by atoms with Gasteiger partial charge in [-0.1, -0.05) is 18.2 Å². The molecular weight excluding hydrogens is 276 g/mol. The van der Waals surface area contributed by atoms with E-state index in [1.54, 1.807) is 12.1 Å². The highest BCUT2D eigenvalue weighted by molar-refractivity contribution is 6.01. The molecule has 0 aliphatic carbocycles. The molecule has 2 aromatic rings. The first-order valence-electron chi connectivity index (χ1n) is 6.62. The third kappa shape index (κ3) is 2.59. The Morgan fingerprint density at radius 1 is 1.19 bits per heavy atom. The van der Waals surface area contributed by atoms with E-state index in [9.17, 15) is 13.6 Å². The summed E-state index contributed by atoms with van der Waals surface area (Å²) < 4.78 is 32.3. The van der Waals surface area contributed by atoms with Crippen molar-refractivity contribution in [3.8, 4) is 5.75 Å². The summed E-state index contributed by atoms with van der Waals surface area (Å²) in [7, 11) is 0. The second kappa shape index (κ2) is 5.52. The molecule has 0 bridgehead atoms. The van der Waals surface area contributed by atoms with Gasteiger partial charge in [-0.3, -0.25) is 4.79 Å². The van der Waals surface area contributed by atoms with Gasteiger partial charge in [-0.05, 0) is 23.8 Å². The number of hydrogen-bond acceptors (Lipinski definition) is 3. The molecule has 3 rings (SSSR count). The van der Waals surface area contributed by atoms with Crippen LogP contribution in [0.2, 0.25) is 0 Å². The van der Waals surface area contributed by atoms with Crippen LogP contribution < -0.4 is 10.1 Å². The molecule has 0 saturated carbocycles. The predicted octanol–water partition coefficient (Wildman–Crippen LogP) is 3.19. The molecule has 2 aromatic carbocycles. The summed E-state index contributed by atoms with van der Waals surface area (Å²) in [5, 5.41) is 3.13. The normalized spacial score (nSPS) is 13.0. The van der Waals surface area contributed by atoms with Crippen LogP contribution in [0.25, 0.3) is 0 Å². The summed E-state index contributed by atoms with van der Waals surface area (Å²) in [5.41, 5.74) is 1.16. The number of para-hydroxylation sites is 1. The highest BCUT2D eigenvalue weighted by atomic mass is 19.2. The fourth-order valence-electron chi connectivity index (χ4n) is 2.34. The van der Waals surface area contributed by atoms with E-state index in [1.165, 1.54) is 12.1 Å². The largest absolute Gasteiger partial charge is 0.489 e. The second-order valence-corrected chi connectivity index (χ2v) is 4.77. The Labute approximate surface area is 120 Å². The molecule has 21 heavy (non-hydrogen) atoms. The molecule has 0 radical (unpaired) electrons. The molecule has 5 heteroatoms. The summed E-state index contributed by atoms with van der Waals surface area (Å²) >= 11 is 0. The van der Waals surface area contributed by atoms with Crippen molar-refractivity contribution in [3.63, 3.8) is 0 Å². The molecule has 0 saturated heterocycles. The summed E-state index contributed by atoms with van der Waals surface area (Å²) in [6, 6.07) is 9.00. The molecule has 0 amide bonds. The van der Waals surface area contributed by atoms with Gasteiger partial charge < -0.3 is 10.1 Å². The third-order valence-electron chi connectivity index (χ3n) is 3.36. The van der Waals surface area contributed by atoms with Gasteiger partial charge in [0.15, 0.2) is 23.2 Å². The summed E-state index contributed by atoms with van der Waals surface area (Å²) in [6.07, 6.45) is -0.205. The van der Waals surface area contributed by atoms with Gasteiger partial charge in [-0.2, -0.15) is 0 Å². The maximum atomic E-state index is 13.6. The number of nitrogens with one attached hydrogen (secondary N) is 1. The molecule has 1 aliphatic rings. The molecule has 108 valence electrons. The zero-order valence-electron chi connectivity index (χ0n) is 11.2. The lowest BCUT2D eigenvalue weighted by Crippen LogP contribution is -2.20. The molecule has 3 nitrogen and oxygen atoms in total. The number of fused-ring (bicyclic) bond motifs is 1. The number of halogens is 2. The minimum atomic E-state index is -0.977. The highest BCUT2D eigenvalue weighted by Crippen LogP contribution is 2.32. The predicted molar refractivity (Wildman–Crippen MR) is 74.8 cm³/mol. The molecule has 0 atom stereocenters. The Balaban J connectivity index is 1.91. The minimum Gasteiger partial charge on any atom is -0.489 e. The van der Waals surface area contributed by atoms with Crippen LogP contribution in [0.5, 0.6) is 5.75 Å². The second-order valence-electron chi connectivity index (χ2n) is 4.77. The Morgan fingerprint density at radius 3 is 2.86 bits per heavy atom. The van der Waals surface area contributed by atoms with E-state index in [1.807, 2.05) is 6.07 Å². The number of ether oxygens (including phenoxy) is 1. The number of carbonyl (C=O) groups is 1. The van der Waals surface area contributed by atoms with E-state index >= 15 is 0 Å². The lowest BCUT2D eigenvalue weighted by molar-refractivity contribution is 0.0987. The Kier molecular flexibility index (Phi) is 3.56. The maximum Gasteiger partial charge on any atom is 0.171 e. The zero-order valence-corrected chi connectivity index (χ0v) is 11.2. The van der Waals surface area contributed by atoms with Crippen molar-refractivity contribution in [2.75, 3.05) is 18.5 Å². The van der Waals surface area contributed by atoms with Crippen molar-refractivity contribution in [2.24, 2.45) is 0 Å². The first kappa shape index (κ1) is 13.5. The molecule has 1 heterocycles. The van der Waals surface area contributed by atoms with Gasteiger partial charge in [0.25, 0.3) is 0 Å². The lowest BCUT2D eigenvalue weighted by Gasteiger charge is -2.21. The average Bonchev–Trinajstić information content (AvgIpc) is 2.51. The summed E-state index contributed by atoms with van der Waals surface area (Å²) in [5.74, 6) is -1.76. The molecular formula is C16H13F2NO2. The van der Waals surface area contributed by atoms with Gasteiger partial charge in [0.05, 0.1) is 11.3 Å². The molecule has 0 unspecified atom stereocenters. The van der Waals surface area contributed by atoms with Crippen molar-refractivity contribution in [1.82, 2.24) is 0 Å². The van der Waals surface area contributed by atoms with Gasteiger partial charge in [0.2, 0.25) is 0 Å². The van der Waals surface area contributed by atoms with E-state index in [2.05, 4.69) is 5.32 Å². The highest BCUT2D eigenvalue weighted by Gasteiger charge is 2.20. The lowest BCUT2D eigenvalue weighted by atomic mass is 10.0. The van der Waals surface area contributed by atoms with Gasteiger partial charge in [-0.25, -0.2) is 8.78 Å². The number of benzene rings is 2. The first-order chi connectivity index (χ1) is 10.2. The number of ketones is 1. The minimum absolute atomic E-state index is 0.0429. The Hall–Kier alpha value is -2.43. The molecule has 1 aliphatic heterocycles. The van der Waals surface area contributed by atoms with Crippen LogP contribution >= 0.6 is 0 Å². The summed E-state index contributed by atoms with van der Waals surface area (Å²) in [4.78, 5) is 12.4. The van der Waals surface area contributed by atoms with Crippen LogP contribution in [0, 0.1) is 11.6 Å². The molecule has 0 aromatic heterocycles. The van der Waals surface area contributed by atoms with Crippen molar-refractivity contribution in [1.29, 1.82) is 0 Å². The molecule has 1 N–H and O–H groups in total. The van der Waals surface area contributed by atoms with E-state index in [4.69, 9.17) is 4.74 Å². The fraction of sp³-hybridized carbons (Fsp3) is 0.188. The van der Waals surface area contributed by atoms with Gasteiger partial charge in [0, 0.05) is 13.0 Å². The van der Waals surface area contributed by atoms with E-state index in [0.717, 1.165) is 11.8 Å². The van der Waals surface area contributed by atoms with E-state index in [-0.39, 0.29) is 17.8 Å². The number of rotatable bonds is 3. The maximum absolute atomic E-state index is 13.6. The number of anilines is 1. The van der Waals surface area contributed by atoms with Crippen LogP contribution in [0.15, 0.2) is 36.4 Å². The molecule has 0 fully saturated rings. The van der Waals surface area contributed by atoms with Crippen LogP contribution in [0.4, 0.5) is 14.5 Å². The average molecular weight is 289 g/mol. The zero-order chi connectivity index (χ0) is 14.8. The van der Waals surface area contributed by atoms with Gasteiger partial charge in [0.1, 0.15) is 6.61 Å². The van der Waals surface area contributed by atoms with Crippen LogP contribution in [0.1, 0.15) is 15.9 Å². The van der Waals surface area contributed by atoms with E-state index in [0.29, 0.717) is 24.5 Å². The number of hydrogen-bond donors (Lipinski definition) is 1. The Morgan fingerprint density at radius 2 is 2.00 bits per heavy atom. The monoisotopic (exact) mass is 289 g/mol. The van der Waals surface area contributed by atoms with Crippen molar-refractivity contribution in [3.05, 3.63) is 59.2 Å². The quantitative estimate of drug-likeness (QED) is 0.882. The third-order valence-corrected chi connectivity index (χ3v) is 3.36. The van der Waals surface area contributed by atoms with Gasteiger partial charge in [-0.15, -0.1) is 0 Å². The number of carbonyl (C=O) groups excluding carboxylic acids is 1. The fourth-order valence-corrected chi connectivity index (χ4v) is 2.34. The van der Waals surface area contributed by atoms with Crippen molar-refractivity contribution < 1.29 is 18.3 Å².